The molecule has 1 aromatic carbocycles. The molecule has 8 heteroatoms. The molecule has 0 aliphatic carbocycles. The molecule has 1 aliphatic rings. The average molecular weight is 449 g/mol. The number of carbonyl (C=O) groups is 1. The van der Waals surface area contributed by atoms with Gasteiger partial charge in [-0.3, -0.25) is 4.79 Å². The number of aromatic nitrogens is 4. The van der Waals surface area contributed by atoms with E-state index in [2.05, 4.69) is 20.2 Å². The maximum absolute atomic E-state index is 12.5. The molecule has 0 radical (unpaired) electrons. The second-order valence-corrected chi connectivity index (χ2v) is 8.35. The van der Waals surface area contributed by atoms with Crippen LogP contribution in [0, 0.1) is 13.8 Å². The van der Waals surface area contributed by atoms with Crippen molar-refractivity contribution < 1.29 is 9.53 Å². The summed E-state index contributed by atoms with van der Waals surface area (Å²) in [5.74, 6) is 2.47. The number of piperidine rings is 1. The Balaban J connectivity index is 1.42. The maximum Gasteiger partial charge on any atom is 0.224 e. The number of rotatable bonds is 8. The zero-order chi connectivity index (χ0) is 23.2. The quantitative estimate of drug-likeness (QED) is 0.555. The molecule has 0 bridgehead atoms. The van der Waals surface area contributed by atoms with Gasteiger partial charge in [-0.15, -0.1) is 0 Å². The van der Waals surface area contributed by atoms with E-state index >= 15 is 0 Å². The number of amides is 1. The Morgan fingerprint density at radius 1 is 1.06 bits per heavy atom. The number of carbonyl (C=O) groups excluding carboxylic acids is 1. The van der Waals surface area contributed by atoms with E-state index in [0.717, 1.165) is 53.1 Å². The van der Waals surface area contributed by atoms with Crippen LogP contribution in [0.1, 0.15) is 49.6 Å². The first kappa shape index (κ1) is 22.8. The Morgan fingerprint density at radius 3 is 2.52 bits per heavy atom. The van der Waals surface area contributed by atoms with Crippen molar-refractivity contribution in [2.45, 2.75) is 52.9 Å². The Bertz CT molecular complexity index is 1090. The van der Waals surface area contributed by atoms with Crippen LogP contribution in [0.4, 0.5) is 11.5 Å². The van der Waals surface area contributed by atoms with E-state index in [0.29, 0.717) is 19.4 Å². The van der Waals surface area contributed by atoms with Crippen LogP contribution in [-0.2, 0) is 11.2 Å². The molecule has 2 aromatic heterocycles. The minimum Gasteiger partial charge on any atom is -0.494 e. The van der Waals surface area contributed by atoms with Crippen molar-refractivity contribution in [3.63, 3.8) is 0 Å². The second kappa shape index (κ2) is 10.5. The van der Waals surface area contributed by atoms with Crippen molar-refractivity contribution in [2.24, 2.45) is 0 Å². The van der Waals surface area contributed by atoms with Crippen molar-refractivity contribution in [3.8, 4) is 11.6 Å². The Morgan fingerprint density at radius 2 is 1.79 bits per heavy atom. The summed E-state index contributed by atoms with van der Waals surface area (Å²) < 4.78 is 7.31. The average Bonchev–Trinajstić information content (AvgIpc) is 3.13. The number of hydrogen-bond donors (Lipinski definition) is 1. The first-order valence-electron chi connectivity index (χ1n) is 11.7. The second-order valence-electron chi connectivity index (χ2n) is 8.35. The predicted molar refractivity (Wildman–Crippen MR) is 129 cm³/mol. The number of anilines is 2. The molecule has 1 amide bonds. The Labute approximate surface area is 195 Å². The number of nitrogens with zero attached hydrogens (tertiary/aromatic N) is 5. The van der Waals surface area contributed by atoms with Gasteiger partial charge in [-0.1, -0.05) is 0 Å². The van der Waals surface area contributed by atoms with Gasteiger partial charge in [0.05, 0.1) is 12.3 Å². The summed E-state index contributed by atoms with van der Waals surface area (Å²) in [5.41, 5.74) is 3.76. The van der Waals surface area contributed by atoms with Crippen LogP contribution in [0.2, 0.25) is 0 Å². The van der Waals surface area contributed by atoms with Crippen molar-refractivity contribution in [1.29, 1.82) is 0 Å². The first-order valence-corrected chi connectivity index (χ1v) is 11.7. The molecule has 1 saturated heterocycles. The van der Waals surface area contributed by atoms with Gasteiger partial charge in [-0.2, -0.15) is 5.10 Å². The van der Waals surface area contributed by atoms with E-state index < -0.39 is 0 Å². The molecule has 3 aromatic rings. The highest BCUT2D eigenvalue weighted by Crippen LogP contribution is 2.23. The topological polar surface area (TPSA) is 85.2 Å². The molecule has 3 heterocycles. The molecule has 0 saturated carbocycles. The third kappa shape index (κ3) is 5.50. The zero-order valence-corrected chi connectivity index (χ0v) is 19.7. The number of hydrogen-bond acceptors (Lipinski definition) is 6. The van der Waals surface area contributed by atoms with Crippen LogP contribution in [0.15, 0.2) is 36.7 Å². The van der Waals surface area contributed by atoms with Gasteiger partial charge in [0.2, 0.25) is 5.91 Å². The summed E-state index contributed by atoms with van der Waals surface area (Å²) in [4.78, 5) is 23.8. The molecule has 0 unspecified atom stereocenters. The van der Waals surface area contributed by atoms with E-state index in [4.69, 9.17) is 9.84 Å². The van der Waals surface area contributed by atoms with Crippen molar-refractivity contribution >= 4 is 17.4 Å². The predicted octanol–water partition coefficient (Wildman–Crippen LogP) is 4.24. The molecule has 1 aliphatic heterocycles. The largest absolute Gasteiger partial charge is 0.494 e. The fourth-order valence-corrected chi connectivity index (χ4v) is 4.27. The third-order valence-electron chi connectivity index (χ3n) is 6.03. The summed E-state index contributed by atoms with van der Waals surface area (Å²) >= 11 is 0. The van der Waals surface area contributed by atoms with Crippen molar-refractivity contribution in [3.05, 3.63) is 53.6 Å². The molecule has 1 N–H and O–H groups in total. The van der Waals surface area contributed by atoms with Gasteiger partial charge < -0.3 is 15.0 Å². The lowest BCUT2D eigenvalue weighted by Crippen LogP contribution is -2.30. The van der Waals surface area contributed by atoms with Gasteiger partial charge in [0.1, 0.15) is 17.9 Å². The van der Waals surface area contributed by atoms with Gasteiger partial charge in [0, 0.05) is 37.0 Å². The summed E-state index contributed by atoms with van der Waals surface area (Å²) in [6.45, 7) is 8.63. The van der Waals surface area contributed by atoms with Crippen molar-refractivity contribution in [1.82, 2.24) is 19.7 Å². The molecule has 4 rings (SSSR count). The molecule has 0 atom stereocenters. The number of nitrogens with one attached hydrogen (secondary N) is 1. The summed E-state index contributed by atoms with van der Waals surface area (Å²) in [5, 5.41) is 7.67. The molecule has 33 heavy (non-hydrogen) atoms. The first-order chi connectivity index (χ1) is 16.0. The van der Waals surface area contributed by atoms with Crippen LogP contribution >= 0.6 is 0 Å². The normalized spacial score (nSPS) is 13.7. The summed E-state index contributed by atoms with van der Waals surface area (Å²) in [7, 11) is 0. The van der Waals surface area contributed by atoms with Crippen LogP contribution < -0.4 is 15.0 Å². The maximum atomic E-state index is 12.5. The van der Waals surface area contributed by atoms with Crippen LogP contribution in [0.5, 0.6) is 5.75 Å². The lowest BCUT2D eigenvalue weighted by molar-refractivity contribution is -0.116. The van der Waals surface area contributed by atoms with Gasteiger partial charge in [0.15, 0.2) is 5.82 Å². The van der Waals surface area contributed by atoms with E-state index in [9.17, 15) is 4.79 Å². The lowest BCUT2D eigenvalue weighted by Gasteiger charge is -2.27. The highest BCUT2D eigenvalue weighted by atomic mass is 16.5. The van der Waals surface area contributed by atoms with Gasteiger partial charge in [-0.25, -0.2) is 14.6 Å². The molecule has 174 valence electrons. The molecular formula is C25H32N6O2. The Hall–Kier alpha value is -3.42. The summed E-state index contributed by atoms with van der Waals surface area (Å²) in [6.07, 6.45) is 6.28. The zero-order valence-electron chi connectivity index (χ0n) is 19.7. The number of ether oxygens (including phenoxy) is 1. The monoisotopic (exact) mass is 448 g/mol. The van der Waals surface area contributed by atoms with Crippen LogP contribution in [0.25, 0.3) is 5.82 Å². The smallest absolute Gasteiger partial charge is 0.224 e. The van der Waals surface area contributed by atoms with Crippen LogP contribution in [0.3, 0.4) is 0 Å². The van der Waals surface area contributed by atoms with E-state index in [1.54, 1.807) is 6.33 Å². The van der Waals surface area contributed by atoms with Crippen LogP contribution in [-0.4, -0.2) is 45.4 Å². The number of aryl methyl sites for hydroxylation is 1. The van der Waals surface area contributed by atoms with E-state index in [1.165, 1.54) is 19.3 Å². The SMILES string of the molecule is CCOc1ccc(NC(=O)CCc2c(C)nn(-c3cc(N4CCCCC4)ncn3)c2C)cc1. The Kier molecular flexibility index (Phi) is 7.22. The third-order valence-corrected chi connectivity index (χ3v) is 6.03. The van der Waals surface area contributed by atoms with Gasteiger partial charge >= 0.3 is 0 Å². The number of benzene rings is 1. The lowest BCUT2D eigenvalue weighted by atomic mass is 10.1. The minimum absolute atomic E-state index is 0.0277. The van der Waals surface area contributed by atoms with Gasteiger partial charge in [-0.05, 0) is 76.3 Å². The van der Waals surface area contributed by atoms with E-state index in [-0.39, 0.29) is 5.91 Å². The fourth-order valence-electron chi connectivity index (χ4n) is 4.27. The van der Waals surface area contributed by atoms with Crippen molar-refractivity contribution in [2.75, 3.05) is 29.9 Å². The highest BCUT2D eigenvalue weighted by Gasteiger charge is 2.17. The standard InChI is InChI=1S/C25H32N6O2/c1-4-33-21-10-8-20(9-11-21)28-25(32)13-12-22-18(2)29-31(19(22)3)24-16-23(26-17-27-24)30-14-6-5-7-15-30/h8-11,16-17H,4-7,12-15H2,1-3H3,(H,28,32). The van der Waals surface area contributed by atoms with Gasteiger partial charge in [0.25, 0.3) is 0 Å². The fraction of sp³-hybridized carbons (Fsp3) is 0.440. The molecule has 0 spiro atoms. The van der Waals surface area contributed by atoms with E-state index in [1.807, 2.05) is 55.8 Å². The minimum atomic E-state index is -0.0277. The molecule has 1 fully saturated rings. The summed E-state index contributed by atoms with van der Waals surface area (Å²) in [6, 6.07) is 9.43. The highest BCUT2D eigenvalue weighted by molar-refractivity contribution is 5.90. The molecular weight excluding hydrogens is 416 g/mol. The molecule has 8 nitrogen and oxygen atoms in total.